The summed E-state index contributed by atoms with van der Waals surface area (Å²) in [4.78, 5) is 12.0. The summed E-state index contributed by atoms with van der Waals surface area (Å²) in [6.07, 6.45) is 0.828. The van der Waals surface area contributed by atoms with Crippen LogP contribution in [0.15, 0.2) is 54.6 Å². The van der Waals surface area contributed by atoms with Gasteiger partial charge in [-0.2, -0.15) is 0 Å². The molecule has 0 spiro atoms. The number of aliphatic hydroxyl groups is 1. The van der Waals surface area contributed by atoms with E-state index in [1.165, 1.54) is 0 Å². The minimum absolute atomic E-state index is 0.358. The fraction of sp³-hybridized carbons (Fsp3) is 0.235. The Balaban J connectivity index is 2.56. The molecule has 1 atom stereocenters. The van der Waals surface area contributed by atoms with Gasteiger partial charge in [-0.05, 0) is 18.1 Å². The molecule has 0 radical (unpaired) electrons. The van der Waals surface area contributed by atoms with Crippen LogP contribution in [0, 0.1) is 0 Å². The van der Waals surface area contributed by atoms with E-state index in [4.69, 9.17) is 10.5 Å². The number of primary amides is 1. The molecule has 0 aliphatic heterocycles. The monoisotopic (exact) mass is 285 g/mol. The number of hydrogen-bond donors (Lipinski definition) is 2. The van der Waals surface area contributed by atoms with Gasteiger partial charge < -0.3 is 15.6 Å². The average molecular weight is 285 g/mol. The Kier molecular flexibility index (Phi) is 4.60. The predicted molar refractivity (Wildman–Crippen MR) is 80.9 cm³/mol. The third kappa shape index (κ3) is 2.90. The van der Waals surface area contributed by atoms with Gasteiger partial charge in [-0.25, -0.2) is 0 Å². The van der Waals surface area contributed by atoms with E-state index in [1.807, 2.05) is 13.0 Å². The van der Waals surface area contributed by atoms with Crippen molar-refractivity contribution in [3.05, 3.63) is 65.7 Å². The Morgan fingerprint density at radius 3 is 2.38 bits per heavy atom. The normalized spacial score (nSPS) is 13.4. The molecule has 4 heteroatoms. The van der Waals surface area contributed by atoms with Gasteiger partial charge in [0, 0.05) is 5.56 Å². The molecule has 2 aromatic carbocycles. The third-order valence-electron chi connectivity index (χ3n) is 3.29. The number of ether oxygens (including phenoxy) is 1. The number of carbonyl (C=O) groups is 1. The lowest BCUT2D eigenvalue weighted by atomic mass is 9.85. The lowest BCUT2D eigenvalue weighted by molar-refractivity contribution is -0.133. The Bertz CT molecular complexity index is 612. The SMILES string of the molecule is CCCOc1ccccc1C(O)(C(N)=O)c1ccccc1. The van der Waals surface area contributed by atoms with Gasteiger partial charge in [0.25, 0.3) is 5.91 Å². The van der Waals surface area contributed by atoms with Crippen LogP contribution in [0.3, 0.4) is 0 Å². The van der Waals surface area contributed by atoms with E-state index in [1.54, 1.807) is 48.5 Å². The van der Waals surface area contributed by atoms with E-state index in [0.717, 1.165) is 6.42 Å². The zero-order valence-corrected chi connectivity index (χ0v) is 12.0. The van der Waals surface area contributed by atoms with Crippen LogP contribution in [0.4, 0.5) is 0 Å². The summed E-state index contributed by atoms with van der Waals surface area (Å²) in [5, 5.41) is 11.0. The van der Waals surface area contributed by atoms with Gasteiger partial charge in [-0.15, -0.1) is 0 Å². The molecule has 0 aliphatic carbocycles. The minimum Gasteiger partial charge on any atom is -0.493 e. The van der Waals surface area contributed by atoms with Crippen molar-refractivity contribution in [2.45, 2.75) is 18.9 Å². The molecule has 1 amide bonds. The van der Waals surface area contributed by atoms with Crippen molar-refractivity contribution in [3.63, 3.8) is 0 Å². The van der Waals surface area contributed by atoms with E-state index >= 15 is 0 Å². The predicted octanol–water partition coefficient (Wildman–Crippen LogP) is 2.20. The van der Waals surface area contributed by atoms with Crippen LogP contribution in [0.25, 0.3) is 0 Å². The Hall–Kier alpha value is -2.33. The molecule has 1 unspecified atom stereocenters. The summed E-state index contributed by atoms with van der Waals surface area (Å²) in [6.45, 7) is 2.49. The zero-order chi connectivity index (χ0) is 15.3. The van der Waals surface area contributed by atoms with Crippen LogP contribution < -0.4 is 10.5 Å². The first-order valence-electron chi connectivity index (χ1n) is 6.90. The molecule has 0 aliphatic rings. The van der Waals surface area contributed by atoms with Gasteiger partial charge in [0.1, 0.15) is 5.75 Å². The van der Waals surface area contributed by atoms with Gasteiger partial charge in [0.2, 0.25) is 0 Å². The first-order chi connectivity index (χ1) is 10.1. The molecule has 21 heavy (non-hydrogen) atoms. The number of rotatable bonds is 6. The maximum atomic E-state index is 12.0. The van der Waals surface area contributed by atoms with Crippen LogP contribution in [0.1, 0.15) is 24.5 Å². The van der Waals surface area contributed by atoms with E-state index in [9.17, 15) is 9.90 Å². The number of carbonyl (C=O) groups excluding carboxylic acids is 1. The highest BCUT2D eigenvalue weighted by molar-refractivity contribution is 5.89. The molecule has 2 aromatic rings. The summed E-state index contributed by atoms with van der Waals surface area (Å²) < 4.78 is 5.64. The molecule has 0 heterocycles. The fourth-order valence-corrected chi connectivity index (χ4v) is 2.21. The summed E-state index contributed by atoms with van der Waals surface area (Å²) in [6, 6.07) is 15.6. The van der Waals surface area contributed by atoms with Crippen LogP contribution >= 0.6 is 0 Å². The van der Waals surface area contributed by atoms with Crippen molar-refractivity contribution < 1.29 is 14.6 Å². The van der Waals surface area contributed by atoms with Crippen LogP contribution in [0.2, 0.25) is 0 Å². The standard InChI is InChI=1S/C17H19NO3/c1-2-12-21-15-11-7-6-10-14(15)17(20,16(18)19)13-8-4-3-5-9-13/h3-11,20H,2,12H2,1H3,(H2,18,19). The molecule has 4 nitrogen and oxygen atoms in total. The maximum absolute atomic E-state index is 12.0. The lowest BCUT2D eigenvalue weighted by Crippen LogP contribution is -2.42. The molecular weight excluding hydrogens is 266 g/mol. The summed E-state index contributed by atoms with van der Waals surface area (Å²) in [7, 11) is 0. The van der Waals surface area contributed by atoms with Crippen molar-refractivity contribution >= 4 is 5.91 Å². The molecule has 0 bridgehead atoms. The molecule has 110 valence electrons. The fourth-order valence-electron chi connectivity index (χ4n) is 2.21. The zero-order valence-electron chi connectivity index (χ0n) is 12.0. The van der Waals surface area contributed by atoms with Gasteiger partial charge >= 0.3 is 0 Å². The van der Waals surface area contributed by atoms with Crippen LogP contribution in [-0.4, -0.2) is 17.6 Å². The van der Waals surface area contributed by atoms with Gasteiger partial charge in [-0.3, -0.25) is 4.79 Å². The van der Waals surface area contributed by atoms with E-state index in [0.29, 0.717) is 23.5 Å². The first-order valence-corrected chi connectivity index (χ1v) is 6.90. The second-order valence-electron chi connectivity index (χ2n) is 4.79. The van der Waals surface area contributed by atoms with Crippen LogP contribution in [0.5, 0.6) is 5.75 Å². The smallest absolute Gasteiger partial charge is 0.258 e. The van der Waals surface area contributed by atoms with Gasteiger partial charge in [-0.1, -0.05) is 55.5 Å². The molecule has 0 saturated heterocycles. The molecule has 0 fully saturated rings. The highest BCUT2D eigenvalue weighted by atomic mass is 16.5. The number of amides is 1. The van der Waals surface area contributed by atoms with Crippen molar-refractivity contribution in [1.29, 1.82) is 0 Å². The molecule has 3 N–H and O–H groups in total. The maximum Gasteiger partial charge on any atom is 0.258 e. The average Bonchev–Trinajstić information content (AvgIpc) is 2.53. The second kappa shape index (κ2) is 6.41. The minimum atomic E-state index is -1.91. The van der Waals surface area contributed by atoms with Crippen molar-refractivity contribution in [2.24, 2.45) is 5.73 Å². The van der Waals surface area contributed by atoms with E-state index < -0.39 is 11.5 Å². The molecule has 2 rings (SSSR count). The molecule has 0 saturated carbocycles. The van der Waals surface area contributed by atoms with Crippen molar-refractivity contribution in [2.75, 3.05) is 6.61 Å². The highest BCUT2D eigenvalue weighted by Gasteiger charge is 2.40. The molecular formula is C17H19NO3. The second-order valence-corrected chi connectivity index (χ2v) is 4.79. The van der Waals surface area contributed by atoms with Gasteiger partial charge in [0.05, 0.1) is 6.61 Å². The van der Waals surface area contributed by atoms with E-state index in [2.05, 4.69) is 0 Å². The summed E-state index contributed by atoms with van der Waals surface area (Å²) in [5.74, 6) is -0.370. The van der Waals surface area contributed by atoms with Crippen LogP contribution in [-0.2, 0) is 10.4 Å². The molecule has 0 aromatic heterocycles. The van der Waals surface area contributed by atoms with Crippen molar-refractivity contribution in [1.82, 2.24) is 0 Å². The Labute approximate surface area is 124 Å². The highest BCUT2D eigenvalue weighted by Crippen LogP contribution is 2.35. The number of hydrogen-bond acceptors (Lipinski definition) is 3. The summed E-state index contributed by atoms with van der Waals surface area (Å²) >= 11 is 0. The van der Waals surface area contributed by atoms with Gasteiger partial charge in [0.15, 0.2) is 5.60 Å². The first kappa shape index (κ1) is 15.1. The number of benzene rings is 2. The lowest BCUT2D eigenvalue weighted by Gasteiger charge is -2.27. The quantitative estimate of drug-likeness (QED) is 0.854. The van der Waals surface area contributed by atoms with Crippen molar-refractivity contribution in [3.8, 4) is 5.75 Å². The topological polar surface area (TPSA) is 72.6 Å². The largest absolute Gasteiger partial charge is 0.493 e. The van der Waals surface area contributed by atoms with E-state index in [-0.39, 0.29) is 0 Å². The Morgan fingerprint density at radius 1 is 1.14 bits per heavy atom. The summed E-state index contributed by atoms with van der Waals surface area (Å²) in [5.41, 5.74) is 4.36. The Morgan fingerprint density at radius 2 is 1.76 bits per heavy atom. The number of para-hydroxylation sites is 1. The third-order valence-corrected chi connectivity index (χ3v) is 3.29. The number of nitrogens with two attached hydrogens (primary N) is 1.